The van der Waals surface area contributed by atoms with Crippen LogP contribution in [0.25, 0.3) is 0 Å². The van der Waals surface area contributed by atoms with Gasteiger partial charge in [0.15, 0.2) is 0 Å². The zero-order valence-electron chi connectivity index (χ0n) is 13.4. The van der Waals surface area contributed by atoms with Crippen molar-refractivity contribution in [3.8, 4) is 0 Å². The second-order valence-electron chi connectivity index (χ2n) is 6.55. The third-order valence-corrected chi connectivity index (χ3v) is 4.69. The number of hydrogen-bond donors (Lipinski definition) is 1. The summed E-state index contributed by atoms with van der Waals surface area (Å²) in [6, 6.07) is 20.5. The largest absolute Gasteiger partial charge is 0.310 e. The highest BCUT2D eigenvalue weighted by atomic mass is 14.9. The molecule has 1 aliphatic rings. The third-order valence-electron chi connectivity index (χ3n) is 4.69. The van der Waals surface area contributed by atoms with Crippen LogP contribution >= 0.6 is 0 Å². The molecule has 0 bridgehead atoms. The van der Waals surface area contributed by atoms with Crippen molar-refractivity contribution in [3.63, 3.8) is 0 Å². The molecule has 0 aromatic heterocycles. The van der Waals surface area contributed by atoms with Gasteiger partial charge in [0.05, 0.1) is 0 Å². The van der Waals surface area contributed by atoms with Gasteiger partial charge >= 0.3 is 0 Å². The molecule has 3 rings (SSSR count). The SMILES string of the molecule is c1ccc(Cc2cccc(CNC3CCCCCC3)c2)cc1. The van der Waals surface area contributed by atoms with E-state index >= 15 is 0 Å². The minimum Gasteiger partial charge on any atom is -0.310 e. The number of hydrogen-bond acceptors (Lipinski definition) is 1. The van der Waals surface area contributed by atoms with E-state index in [0.29, 0.717) is 0 Å². The normalized spacial score (nSPS) is 16.4. The molecule has 0 heterocycles. The number of nitrogens with one attached hydrogen (secondary N) is 1. The fraction of sp³-hybridized carbons (Fsp3) is 0.429. The molecular formula is C21H27N. The van der Waals surface area contributed by atoms with Crippen molar-refractivity contribution in [1.29, 1.82) is 0 Å². The van der Waals surface area contributed by atoms with Gasteiger partial charge in [-0.15, -0.1) is 0 Å². The molecule has 1 aliphatic carbocycles. The average molecular weight is 293 g/mol. The maximum atomic E-state index is 3.77. The van der Waals surface area contributed by atoms with E-state index in [-0.39, 0.29) is 0 Å². The summed E-state index contributed by atoms with van der Waals surface area (Å²) in [5.41, 5.74) is 4.21. The Bertz CT molecular complexity index is 553. The molecule has 0 atom stereocenters. The molecule has 116 valence electrons. The van der Waals surface area contributed by atoms with E-state index in [2.05, 4.69) is 59.9 Å². The Morgan fingerprint density at radius 3 is 2.18 bits per heavy atom. The van der Waals surface area contributed by atoms with E-state index in [1.807, 2.05) is 0 Å². The van der Waals surface area contributed by atoms with Crippen molar-refractivity contribution >= 4 is 0 Å². The fourth-order valence-corrected chi connectivity index (χ4v) is 3.43. The zero-order chi connectivity index (χ0) is 15.0. The van der Waals surface area contributed by atoms with Crippen LogP contribution in [-0.2, 0) is 13.0 Å². The second-order valence-corrected chi connectivity index (χ2v) is 6.55. The highest BCUT2D eigenvalue weighted by Crippen LogP contribution is 2.18. The Balaban J connectivity index is 1.56. The Kier molecular flexibility index (Phi) is 5.66. The summed E-state index contributed by atoms with van der Waals surface area (Å²) in [5, 5.41) is 3.77. The van der Waals surface area contributed by atoms with Gasteiger partial charge in [0.25, 0.3) is 0 Å². The van der Waals surface area contributed by atoms with Crippen molar-refractivity contribution in [1.82, 2.24) is 5.32 Å². The minimum absolute atomic E-state index is 0.722. The summed E-state index contributed by atoms with van der Waals surface area (Å²) in [6.07, 6.45) is 9.36. The van der Waals surface area contributed by atoms with Crippen LogP contribution in [0.15, 0.2) is 54.6 Å². The van der Waals surface area contributed by atoms with Crippen molar-refractivity contribution in [2.45, 2.75) is 57.5 Å². The van der Waals surface area contributed by atoms with E-state index in [1.54, 1.807) is 0 Å². The molecule has 22 heavy (non-hydrogen) atoms. The van der Waals surface area contributed by atoms with Crippen molar-refractivity contribution in [3.05, 3.63) is 71.3 Å². The van der Waals surface area contributed by atoms with Gasteiger partial charge in [-0.3, -0.25) is 0 Å². The molecule has 1 heteroatoms. The topological polar surface area (TPSA) is 12.0 Å². The molecule has 0 aliphatic heterocycles. The Labute approximate surface area is 134 Å². The third kappa shape index (κ3) is 4.71. The lowest BCUT2D eigenvalue weighted by atomic mass is 10.0. The maximum absolute atomic E-state index is 3.77. The van der Waals surface area contributed by atoms with Crippen molar-refractivity contribution in [2.24, 2.45) is 0 Å². The lowest BCUT2D eigenvalue weighted by Crippen LogP contribution is -2.27. The predicted molar refractivity (Wildman–Crippen MR) is 94.0 cm³/mol. The van der Waals surface area contributed by atoms with Gasteiger partial charge in [0, 0.05) is 12.6 Å². The van der Waals surface area contributed by atoms with E-state index in [9.17, 15) is 0 Å². The van der Waals surface area contributed by atoms with E-state index in [4.69, 9.17) is 0 Å². The summed E-state index contributed by atoms with van der Waals surface area (Å²) in [5.74, 6) is 0. The molecule has 0 unspecified atom stereocenters. The van der Waals surface area contributed by atoms with Crippen LogP contribution in [0.3, 0.4) is 0 Å². The highest BCUT2D eigenvalue weighted by Gasteiger charge is 2.11. The van der Waals surface area contributed by atoms with Crippen LogP contribution in [0, 0.1) is 0 Å². The summed E-state index contributed by atoms with van der Waals surface area (Å²) in [6.45, 7) is 1.01. The number of benzene rings is 2. The van der Waals surface area contributed by atoms with E-state index in [1.165, 1.54) is 55.2 Å². The van der Waals surface area contributed by atoms with E-state index < -0.39 is 0 Å². The molecular weight excluding hydrogens is 266 g/mol. The van der Waals surface area contributed by atoms with Crippen molar-refractivity contribution in [2.75, 3.05) is 0 Å². The zero-order valence-corrected chi connectivity index (χ0v) is 13.4. The van der Waals surface area contributed by atoms with Crippen molar-refractivity contribution < 1.29 is 0 Å². The van der Waals surface area contributed by atoms with Crippen LogP contribution in [0.4, 0.5) is 0 Å². The molecule has 1 fully saturated rings. The van der Waals surface area contributed by atoms with E-state index in [0.717, 1.165) is 19.0 Å². The average Bonchev–Trinajstić information content (AvgIpc) is 2.83. The van der Waals surface area contributed by atoms with Crippen LogP contribution in [0.2, 0.25) is 0 Å². The first-order chi connectivity index (χ1) is 10.9. The quantitative estimate of drug-likeness (QED) is 0.757. The van der Waals surface area contributed by atoms with Crippen LogP contribution < -0.4 is 5.32 Å². The Morgan fingerprint density at radius 1 is 0.727 bits per heavy atom. The monoisotopic (exact) mass is 293 g/mol. The summed E-state index contributed by atoms with van der Waals surface area (Å²) >= 11 is 0. The maximum Gasteiger partial charge on any atom is 0.0208 e. The summed E-state index contributed by atoms with van der Waals surface area (Å²) < 4.78 is 0. The lowest BCUT2D eigenvalue weighted by Gasteiger charge is -2.16. The van der Waals surface area contributed by atoms with Crippen LogP contribution in [-0.4, -0.2) is 6.04 Å². The Hall–Kier alpha value is -1.60. The van der Waals surface area contributed by atoms with Gasteiger partial charge < -0.3 is 5.32 Å². The molecule has 0 radical (unpaired) electrons. The van der Waals surface area contributed by atoms with Crippen LogP contribution in [0.5, 0.6) is 0 Å². The first-order valence-corrected chi connectivity index (χ1v) is 8.75. The Morgan fingerprint density at radius 2 is 1.41 bits per heavy atom. The smallest absolute Gasteiger partial charge is 0.0208 e. The predicted octanol–water partition coefficient (Wildman–Crippen LogP) is 5.09. The van der Waals surface area contributed by atoms with Gasteiger partial charge in [-0.05, 0) is 36.0 Å². The molecule has 1 nitrogen and oxygen atoms in total. The molecule has 1 N–H and O–H groups in total. The molecule has 0 saturated heterocycles. The first kappa shape index (κ1) is 15.3. The van der Waals surface area contributed by atoms with Gasteiger partial charge in [-0.2, -0.15) is 0 Å². The van der Waals surface area contributed by atoms with Gasteiger partial charge in [0.2, 0.25) is 0 Å². The standard InChI is InChI=1S/C21H27N/c1-2-7-14-21(13-6-1)22-17-20-12-8-11-19(16-20)15-18-9-4-3-5-10-18/h3-5,8-12,16,21-22H,1-2,6-7,13-15,17H2. The summed E-state index contributed by atoms with van der Waals surface area (Å²) in [7, 11) is 0. The van der Waals surface area contributed by atoms with Gasteiger partial charge in [-0.25, -0.2) is 0 Å². The fourth-order valence-electron chi connectivity index (χ4n) is 3.43. The molecule has 1 saturated carbocycles. The minimum atomic E-state index is 0.722. The highest BCUT2D eigenvalue weighted by molar-refractivity contribution is 5.29. The molecule has 2 aromatic carbocycles. The van der Waals surface area contributed by atoms with Crippen LogP contribution in [0.1, 0.15) is 55.2 Å². The summed E-state index contributed by atoms with van der Waals surface area (Å²) in [4.78, 5) is 0. The second kappa shape index (κ2) is 8.14. The first-order valence-electron chi connectivity index (χ1n) is 8.75. The molecule has 0 spiro atoms. The van der Waals surface area contributed by atoms with Gasteiger partial charge in [0.1, 0.15) is 0 Å². The van der Waals surface area contributed by atoms with Gasteiger partial charge in [-0.1, -0.05) is 80.3 Å². The molecule has 0 amide bonds. The number of rotatable bonds is 5. The lowest BCUT2D eigenvalue weighted by molar-refractivity contribution is 0.459. The molecule has 2 aromatic rings.